The van der Waals surface area contributed by atoms with Gasteiger partial charge in [-0.2, -0.15) is 0 Å². The van der Waals surface area contributed by atoms with Gasteiger partial charge in [0.25, 0.3) is 0 Å². The number of ether oxygens (including phenoxy) is 1. The Morgan fingerprint density at radius 1 is 1.20 bits per heavy atom. The van der Waals surface area contributed by atoms with Crippen LogP contribution >= 0.6 is 0 Å². The Kier molecular flexibility index (Phi) is 4.40. The molecule has 2 N–H and O–H groups in total. The summed E-state index contributed by atoms with van der Waals surface area (Å²) in [6, 6.07) is 4.23. The number of hydrogen-bond donors (Lipinski definition) is 1. The van der Waals surface area contributed by atoms with Gasteiger partial charge in [-0.25, -0.2) is 0 Å². The van der Waals surface area contributed by atoms with E-state index in [0.717, 1.165) is 24.4 Å². The zero-order valence-electron chi connectivity index (χ0n) is 13.5. The van der Waals surface area contributed by atoms with Crippen LogP contribution in [0.3, 0.4) is 0 Å². The van der Waals surface area contributed by atoms with Gasteiger partial charge in [0.05, 0.1) is 13.2 Å². The van der Waals surface area contributed by atoms with E-state index in [1.54, 1.807) is 7.11 Å². The van der Waals surface area contributed by atoms with Crippen LogP contribution in [0.15, 0.2) is 12.1 Å². The first-order chi connectivity index (χ1) is 9.37. The average Bonchev–Trinajstić information content (AvgIpc) is 2.91. The molecule has 0 aliphatic carbocycles. The van der Waals surface area contributed by atoms with Crippen LogP contribution in [0, 0.1) is 13.8 Å². The van der Waals surface area contributed by atoms with Crippen LogP contribution in [0.4, 0.5) is 0 Å². The number of benzene rings is 1. The molecule has 1 heterocycles. The largest absolute Gasteiger partial charge is 0.496 e. The van der Waals surface area contributed by atoms with Gasteiger partial charge in [0.1, 0.15) is 5.75 Å². The van der Waals surface area contributed by atoms with Crippen LogP contribution < -0.4 is 10.5 Å². The van der Waals surface area contributed by atoms with Crippen molar-refractivity contribution in [2.75, 3.05) is 20.2 Å². The Morgan fingerprint density at radius 3 is 2.35 bits per heavy atom. The average molecular weight is 276 g/mol. The second-order valence-electron chi connectivity index (χ2n) is 6.52. The lowest BCUT2D eigenvalue weighted by Crippen LogP contribution is -2.50. The van der Waals surface area contributed by atoms with Crippen molar-refractivity contribution in [1.82, 2.24) is 4.90 Å². The molecule has 1 fully saturated rings. The monoisotopic (exact) mass is 276 g/mol. The predicted molar refractivity (Wildman–Crippen MR) is 84.3 cm³/mol. The van der Waals surface area contributed by atoms with Gasteiger partial charge < -0.3 is 10.5 Å². The first-order valence-corrected chi connectivity index (χ1v) is 7.53. The molecule has 3 nitrogen and oxygen atoms in total. The fraction of sp³-hybridized carbons (Fsp3) is 0.647. The minimum Gasteiger partial charge on any atom is -0.496 e. The zero-order valence-corrected chi connectivity index (χ0v) is 13.5. The van der Waals surface area contributed by atoms with E-state index in [-0.39, 0.29) is 11.6 Å². The van der Waals surface area contributed by atoms with Crippen LogP contribution in [0.5, 0.6) is 5.75 Å². The number of aryl methyl sites for hydroxylation is 2. The first kappa shape index (κ1) is 15.3. The topological polar surface area (TPSA) is 38.5 Å². The SMILES string of the molecule is COc1cc(C)cc(C)c1C(N)C(C)(C)N1CCCC1. The molecule has 0 spiro atoms. The van der Waals surface area contributed by atoms with Crippen molar-refractivity contribution in [3.05, 3.63) is 28.8 Å². The molecule has 1 aromatic carbocycles. The van der Waals surface area contributed by atoms with Crippen molar-refractivity contribution in [3.63, 3.8) is 0 Å². The Balaban J connectivity index is 2.39. The lowest BCUT2D eigenvalue weighted by atomic mass is 9.84. The van der Waals surface area contributed by atoms with Crippen LogP contribution in [0.25, 0.3) is 0 Å². The summed E-state index contributed by atoms with van der Waals surface area (Å²) in [5, 5.41) is 0. The zero-order chi connectivity index (χ0) is 14.9. The van der Waals surface area contributed by atoms with E-state index >= 15 is 0 Å². The molecular formula is C17H28N2O. The molecule has 1 aliphatic rings. The number of likely N-dealkylation sites (tertiary alicyclic amines) is 1. The molecule has 0 radical (unpaired) electrons. The van der Waals surface area contributed by atoms with Crippen molar-refractivity contribution in [2.24, 2.45) is 5.73 Å². The van der Waals surface area contributed by atoms with E-state index < -0.39 is 0 Å². The van der Waals surface area contributed by atoms with Gasteiger partial charge >= 0.3 is 0 Å². The molecule has 0 saturated carbocycles. The molecule has 1 aromatic rings. The second kappa shape index (κ2) is 5.74. The fourth-order valence-electron chi connectivity index (χ4n) is 3.35. The van der Waals surface area contributed by atoms with Gasteiger partial charge in [0, 0.05) is 11.1 Å². The number of nitrogens with zero attached hydrogens (tertiary/aromatic N) is 1. The number of hydrogen-bond acceptors (Lipinski definition) is 3. The van der Waals surface area contributed by atoms with E-state index in [0.29, 0.717) is 0 Å². The third-order valence-corrected chi connectivity index (χ3v) is 4.71. The first-order valence-electron chi connectivity index (χ1n) is 7.53. The molecule has 0 amide bonds. The Bertz CT molecular complexity index is 476. The van der Waals surface area contributed by atoms with Crippen molar-refractivity contribution >= 4 is 0 Å². The molecule has 0 bridgehead atoms. The lowest BCUT2D eigenvalue weighted by Gasteiger charge is -2.41. The molecule has 2 rings (SSSR count). The van der Waals surface area contributed by atoms with E-state index in [1.807, 2.05) is 0 Å². The Morgan fingerprint density at radius 2 is 1.80 bits per heavy atom. The molecule has 20 heavy (non-hydrogen) atoms. The maximum Gasteiger partial charge on any atom is 0.124 e. The van der Waals surface area contributed by atoms with E-state index in [4.69, 9.17) is 10.5 Å². The highest BCUT2D eigenvalue weighted by Crippen LogP contribution is 2.38. The maximum atomic E-state index is 6.66. The highest BCUT2D eigenvalue weighted by Gasteiger charge is 2.37. The molecule has 1 atom stereocenters. The van der Waals surface area contributed by atoms with Crippen LogP contribution in [-0.2, 0) is 0 Å². The number of nitrogens with two attached hydrogens (primary N) is 1. The molecule has 1 aliphatic heterocycles. The summed E-state index contributed by atoms with van der Waals surface area (Å²) in [6.07, 6.45) is 2.56. The third kappa shape index (κ3) is 2.70. The van der Waals surface area contributed by atoms with Crippen LogP contribution in [0.2, 0.25) is 0 Å². The van der Waals surface area contributed by atoms with Gasteiger partial charge in [-0.05, 0) is 70.8 Å². The van der Waals surface area contributed by atoms with Crippen LogP contribution in [-0.4, -0.2) is 30.6 Å². The maximum absolute atomic E-state index is 6.66. The van der Waals surface area contributed by atoms with Gasteiger partial charge in [-0.3, -0.25) is 4.90 Å². The smallest absolute Gasteiger partial charge is 0.124 e. The van der Waals surface area contributed by atoms with E-state index in [2.05, 4.69) is 44.7 Å². The van der Waals surface area contributed by atoms with Gasteiger partial charge in [0.15, 0.2) is 0 Å². The van der Waals surface area contributed by atoms with Crippen molar-refractivity contribution in [2.45, 2.75) is 52.1 Å². The van der Waals surface area contributed by atoms with Crippen molar-refractivity contribution < 1.29 is 4.74 Å². The fourth-order valence-corrected chi connectivity index (χ4v) is 3.35. The minimum absolute atomic E-state index is 0.0452. The van der Waals surface area contributed by atoms with Gasteiger partial charge in [-0.1, -0.05) is 6.07 Å². The van der Waals surface area contributed by atoms with Gasteiger partial charge in [0.2, 0.25) is 0 Å². The quantitative estimate of drug-likeness (QED) is 0.918. The molecule has 3 heteroatoms. The van der Waals surface area contributed by atoms with E-state index in [9.17, 15) is 0 Å². The standard InChI is InChI=1S/C17H28N2O/c1-12-10-13(2)15(14(11-12)20-5)16(18)17(3,4)19-8-6-7-9-19/h10-11,16H,6-9,18H2,1-5H3. The minimum atomic E-state index is -0.0518. The molecule has 1 unspecified atom stereocenters. The van der Waals surface area contributed by atoms with Crippen LogP contribution in [0.1, 0.15) is 49.4 Å². The summed E-state index contributed by atoms with van der Waals surface area (Å²) in [6.45, 7) is 11.0. The van der Waals surface area contributed by atoms with Crippen molar-refractivity contribution in [3.8, 4) is 5.75 Å². The predicted octanol–water partition coefficient (Wildman–Crippen LogP) is 3.19. The molecule has 0 aromatic heterocycles. The van der Waals surface area contributed by atoms with Gasteiger partial charge in [-0.15, -0.1) is 0 Å². The summed E-state index contributed by atoms with van der Waals surface area (Å²) in [5.41, 5.74) is 10.2. The summed E-state index contributed by atoms with van der Waals surface area (Å²) in [7, 11) is 1.73. The third-order valence-electron chi connectivity index (χ3n) is 4.71. The Labute approximate surface area is 123 Å². The molecule has 112 valence electrons. The highest BCUT2D eigenvalue weighted by molar-refractivity contribution is 5.46. The summed E-state index contributed by atoms with van der Waals surface area (Å²) >= 11 is 0. The molecule has 1 saturated heterocycles. The normalized spacial score (nSPS) is 18.3. The van der Waals surface area contributed by atoms with Crippen molar-refractivity contribution in [1.29, 1.82) is 0 Å². The number of methoxy groups -OCH3 is 1. The molecular weight excluding hydrogens is 248 g/mol. The lowest BCUT2D eigenvalue weighted by molar-refractivity contribution is 0.122. The summed E-state index contributed by atoms with van der Waals surface area (Å²) in [4.78, 5) is 2.51. The highest BCUT2D eigenvalue weighted by atomic mass is 16.5. The Hall–Kier alpha value is -1.06. The second-order valence-corrected chi connectivity index (χ2v) is 6.52. The summed E-state index contributed by atoms with van der Waals surface area (Å²) < 4.78 is 5.59. The summed E-state index contributed by atoms with van der Waals surface area (Å²) in [5.74, 6) is 0.919. The number of rotatable bonds is 4. The van der Waals surface area contributed by atoms with E-state index in [1.165, 1.54) is 24.0 Å².